The van der Waals surface area contributed by atoms with E-state index in [1.165, 1.54) is 0 Å². The molecule has 6 nitrogen and oxygen atoms in total. The Morgan fingerprint density at radius 3 is 2.53 bits per heavy atom. The number of rotatable bonds is 3. The molecule has 6 heteroatoms. The first-order valence-electron chi connectivity index (χ1n) is 9.85. The fourth-order valence-electron chi connectivity index (χ4n) is 3.91. The van der Waals surface area contributed by atoms with E-state index in [1.807, 2.05) is 80.6 Å². The van der Waals surface area contributed by atoms with Crippen LogP contribution in [0.4, 0.5) is 11.6 Å². The zero-order chi connectivity index (χ0) is 20.7. The van der Waals surface area contributed by atoms with Gasteiger partial charge in [0.1, 0.15) is 6.04 Å². The minimum absolute atomic E-state index is 0.164. The summed E-state index contributed by atoms with van der Waals surface area (Å²) in [5.41, 5.74) is 5.88. The van der Waals surface area contributed by atoms with E-state index in [1.54, 1.807) is 6.20 Å². The lowest BCUT2D eigenvalue weighted by Gasteiger charge is -2.30. The summed E-state index contributed by atoms with van der Waals surface area (Å²) in [5.74, 6) is 0.541. The largest absolute Gasteiger partial charge is 0.329 e. The number of para-hydroxylation sites is 2. The van der Waals surface area contributed by atoms with Crippen molar-refractivity contribution in [1.29, 1.82) is 0 Å². The minimum Gasteiger partial charge on any atom is -0.329 e. The quantitative estimate of drug-likeness (QED) is 0.529. The van der Waals surface area contributed by atoms with Crippen LogP contribution in [0.3, 0.4) is 0 Å². The molecule has 4 aromatic rings. The van der Waals surface area contributed by atoms with Crippen LogP contribution in [-0.4, -0.2) is 20.4 Å². The summed E-state index contributed by atoms with van der Waals surface area (Å²) in [4.78, 5) is 22.8. The van der Waals surface area contributed by atoms with Crippen molar-refractivity contribution in [2.45, 2.75) is 19.9 Å². The second kappa shape index (κ2) is 7.15. The number of fused-ring (bicyclic) bond motifs is 3. The Hall–Kier alpha value is -3.93. The molecular formula is C24H21N5O. The number of hydrogen-bond acceptors (Lipinski definition) is 4. The van der Waals surface area contributed by atoms with Crippen molar-refractivity contribution in [1.82, 2.24) is 14.5 Å². The highest BCUT2D eigenvalue weighted by Gasteiger charge is 2.34. The van der Waals surface area contributed by atoms with Gasteiger partial charge >= 0.3 is 0 Å². The van der Waals surface area contributed by atoms with E-state index < -0.39 is 0 Å². The fraction of sp³-hybridized carbons (Fsp3) is 0.125. The Labute approximate surface area is 174 Å². The predicted octanol–water partition coefficient (Wildman–Crippen LogP) is 4.67. The minimum atomic E-state index is -0.389. The van der Waals surface area contributed by atoms with Crippen molar-refractivity contribution in [3.63, 3.8) is 0 Å². The Kier molecular flexibility index (Phi) is 4.32. The predicted molar refractivity (Wildman–Crippen MR) is 118 cm³/mol. The van der Waals surface area contributed by atoms with Gasteiger partial charge in [0.25, 0.3) is 5.91 Å². The van der Waals surface area contributed by atoms with Crippen LogP contribution in [0.5, 0.6) is 0 Å². The first-order valence-corrected chi connectivity index (χ1v) is 9.85. The second-order valence-electron chi connectivity index (χ2n) is 7.44. The Bertz CT molecular complexity index is 1270. The number of imidazole rings is 1. The number of pyridine rings is 1. The highest BCUT2D eigenvalue weighted by Crippen LogP contribution is 2.38. The first kappa shape index (κ1) is 18.1. The monoisotopic (exact) mass is 395 g/mol. The van der Waals surface area contributed by atoms with Gasteiger partial charge < -0.3 is 10.6 Å². The molecule has 0 spiro atoms. The molecule has 3 heterocycles. The second-order valence-corrected chi connectivity index (χ2v) is 7.44. The summed E-state index contributed by atoms with van der Waals surface area (Å²) in [6.45, 7) is 3.93. The third kappa shape index (κ3) is 3.03. The average Bonchev–Trinajstić information content (AvgIpc) is 3.12. The molecule has 1 atom stereocenters. The molecule has 0 saturated carbocycles. The molecule has 0 fully saturated rings. The fourth-order valence-corrected chi connectivity index (χ4v) is 3.91. The highest BCUT2D eigenvalue weighted by molar-refractivity contribution is 6.06. The number of anilines is 2. The summed E-state index contributed by atoms with van der Waals surface area (Å²) in [6.07, 6.45) is 1.75. The highest BCUT2D eigenvalue weighted by atomic mass is 16.1. The number of nitrogens with zero attached hydrogens (tertiary/aromatic N) is 3. The van der Waals surface area contributed by atoms with Crippen molar-refractivity contribution in [3.8, 4) is 0 Å². The van der Waals surface area contributed by atoms with Crippen molar-refractivity contribution >= 4 is 28.6 Å². The van der Waals surface area contributed by atoms with Gasteiger partial charge in [0, 0.05) is 17.6 Å². The zero-order valence-electron chi connectivity index (χ0n) is 16.8. The molecule has 0 saturated heterocycles. The number of nitrogens with one attached hydrogen (secondary N) is 2. The number of hydrogen-bond donors (Lipinski definition) is 2. The van der Waals surface area contributed by atoms with Crippen molar-refractivity contribution in [3.05, 3.63) is 95.5 Å². The molecule has 0 unspecified atom stereocenters. The van der Waals surface area contributed by atoms with E-state index in [2.05, 4.69) is 20.2 Å². The molecule has 2 aromatic heterocycles. The van der Waals surface area contributed by atoms with E-state index in [0.717, 1.165) is 33.7 Å². The van der Waals surface area contributed by atoms with Gasteiger partial charge in [-0.25, -0.2) is 4.98 Å². The van der Waals surface area contributed by atoms with Gasteiger partial charge in [0.2, 0.25) is 5.95 Å². The molecule has 0 radical (unpaired) electrons. The van der Waals surface area contributed by atoms with Crippen molar-refractivity contribution < 1.29 is 4.79 Å². The molecule has 0 bridgehead atoms. The number of aromatic nitrogens is 3. The van der Waals surface area contributed by atoms with Crippen LogP contribution in [-0.2, 0) is 4.79 Å². The van der Waals surface area contributed by atoms with Gasteiger partial charge in [0.05, 0.1) is 22.3 Å². The number of allylic oxidation sites excluding steroid dienone is 1. The maximum atomic E-state index is 13.4. The molecule has 148 valence electrons. The number of aryl methyl sites for hydroxylation is 1. The van der Waals surface area contributed by atoms with Crippen LogP contribution in [0.25, 0.3) is 11.0 Å². The molecule has 5 rings (SSSR count). The van der Waals surface area contributed by atoms with Crippen LogP contribution in [0, 0.1) is 6.92 Å². The lowest BCUT2D eigenvalue weighted by Crippen LogP contribution is -2.31. The summed E-state index contributed by atoms with van der Waals surface area (Å²) in [6, 6.07) is 21.1. The van der Waals surface area contributed by atoms with Crippen LogP contribution < -0.4 is 10.6 Å². The normalized spacial score (nSPS) is 15.6. The molecule has 1 amide bonds. The van der Waals surface area contributed by atoms with E-state index in [0.29, 0.717) is 11.5 Å². The molecular weight excluding hydrogens is 374 g/mol. The smallest absolute Gasteiger partial charge is 0.255 e. The van der Waals surface area contributed by atoms with Crippen LogP contribution in [0.15, 0.2) is 84.2 Å². The van der Waals surface area contributed by atoms with Gasteiger partial charge in [-0.3, -0.25) is 14.3 Å². The number of carbonyl (C=O) groups excluding carboxylic acids is 1. The first-order chi connectivity index (χ1) is 14.6. The van der Waals surface area contributed by atoms with Crippen molar-refractivity contribution in [2.75, 3.05) is 10.6 Å². The number of carbonyl (C=O) groups is 1. The molecule has 1 aliphatic heterocycles. The van der Waals surface area contributed by atoms with Gasteiger partial charge in [-0.2, -0.15) is 0 Å². The molecule has 2 aromatic carbocycles. The van der Waals surface area contributed by atoms with Gasteiger partial charge in [-0.05, 0) is 50.2 Å². The summed E-state index contributed by atoms with van der Waals surface area (Å²) in [7, 11) is 0. The number of benzene rings is 2. The Morgan fingerprint density at radius 2 is 1.77 bits per heavy atom. The molecule has 1 aliphatic rings. The van der Waals surface area contributed by atoms with Crippen LogP contribution in [0.1, 0.15) is 24.2 Å². The van der Waals surface area contributed by atoms with E-state index in [4.69, 9.17) is 4.98 Å². The molecule has 2 N–H and O–H groups in total. The Morgan fingerprint density at radius 1 is 1.00 bits per heavy atom. The number of amides is 1. The van der Waals surface area contributed by atoms with E-state index in [9.17, 15) is 4.79 Å². The van der Waals surface area contributed by atoms with Crippen LogP contribution >= 0.6 is 0 Å². The van der Waals surface area contributed by atoms with E-state index >= 15 is 0 Å². The van der Waals surface area contributed by atoms with Gasteiger partial charge in [-0.1, -0.05) is 35.9 Å². The topological polar surface area (TPSA) is 71.8 Å². The lowest BCUT2D eigenvalue weighted by molar-refractivity contribution is -0.113. The van der Waals surface area contributed by atoms with Crippen LogP contribution in [0.2, 0.25) is 0 Å². The van der Waals surface area contributed by atoms with Gasteiger partial charge in [-0.15, -0.1) is 0 Å². The zero-order valence-corrected chi connectivity index (χ0v) is 16.8. The maximum Gasteiger partial charge on any atom is 0.255 e. The molecule has 0 aliphatic carbocycles. The average molecular weight is 395 g/mol. The van der Waals surface area contributed by atoms with Gasteiger partial charge in [0.15, 0.2) is 0 Å². The SMILES string of the molecule is CC1=C(C(=O)Nc2ccc(C)cc2)[C@@H](c2ccccn2)n2c(nc3ccccc32)N1. The third-order valence-corrected chi connectivity index (χ3v) is 5.35. The van der Waals surface area contributed by atoms with Crippen molar-refractivity contribution in [2.24, 2.45) is 0 Å². The maximum absolute atomic E-state index is 13.4. The summed E-state index contributed by atoms with van der Waals surface area (Å²) < 4.78 is 2.05. The van der Waals surface area contributed by atoms with E-state index in [-0.39, 0.29) is 11.9 Å². The Balaban J connectivity index is 1.65. The third-order valence-electron chi connectivity index (χ3n) is 5.35. The summed E-state index contributed by atoms with van der Waals surface area (Å²) in [5, 5.41) is 6.36. The lowest BCUT2D eigenvalue weighted by atomic mass is 9.97. The standard InChI is InChI=1S/C24H21N5O/c1-15-10-12-17(13-11-15)27-23(30)21-16(2)26-24-28-18-7-3-4-9-20(18)29(24)22(21)19-8-5-6-14-25-19/h3-14,22H,1-2H3,(H,26,28)(H,27,30)/t22-/m1/s1. The molecule has 30 heavy (non-hydrogen) atoms. The summed E-state index contributed by atoms with van der Waals surface area (Å²) >= 11 is 0.